The third-order valence-electron chi connectivity index (χ3n) is 4.45. The van der Waals surface area contributed by atoms with E-state index in [1.165, 1.54) is 17.5 Å². The standard InChI is InChI=1S/C17H22ClN5O3S/c1-21(2)14-11-17(20-19-12-14)22-6-8-23(9-7-22)27(24,25)16-10-13(18)4-5-15(16)26-3/h4-5,10-12H,6-9H2,1-3H3. The second kappa shape index (κ2) is 7.87. The fourth-order valence-electron chi connectivity index (χ4n) is 2.89. The Labute approximate surface area is 164 Å². The summed E-state index contributed by atoms with van der Waals surface area (Å²) in [5.74, 6) is 1.02. The largest absolute Gasteiger partial charge is 0.495 e. The summed E-state index contributed by atoms with van der Waals surface area (Å²) in [6, 6.07) is 6.53. The van der Waals surface area contributed by atoms with E-state index < -0.39 is 10.0 Å². The molecule has 8 nitrogen and oxygen atoms in total. The zero-order valence-electron chi connectivity index (χ0n) is 15.5. The number of methoxy groups -OCH3 is 1. The number of nitrogens with zero attached hydrogens (tertiary/aromatic N) is 5. The molecule has 1 aliphatic rings. The summed E-state index contributed by atoms with van der Waals surface area (Å²) in [4.78, 5) is 4.06. The summed E-state index contributed by atoms with van der Waals surface area (Å²) in [6.45, 7) is 1.72. The highest BCUT2D eigenvalue weighted by Crippen LogP contribution is 2.30. The molecule has 10 heteroatoms. The van der Waals surface area contributed by atoms with Crippen molar-refractivity contribution >= 4 is 33.1 Å². The molecule has 0 N–H and O–H groups in total. The molecule has 2 aromatic rings. The molecule has 1 fully saturated rings. The molecule has 27 heavy (non-hydrogen) atoms. The van der Waals surface area contributed by atoms with E-state index >= 15 is 0 Å². The van der Waals surface area contributed by atoms with Crippen molar-refractivity contribution in [2.24, 2.45) is 0 Å². The van der Waals surface area contributed by atoms with Crippen molar-refractivity contribution in [3.63, 3.8) is 0 Å². The fourth-order valence-corrected chi connectivity index (χ4v) is 4.73. The first-order chi connectivity index (χ1) is 12.8. The van der Waals surface area contributed by atoms with Gasteiger partial charge in [-0.25, -0.2) is 8.42 Å². The Morgan fingerprint density at radius 1 is 1.15 bits per heavy atom. The number of ether oxygens (including phenoxy) is 1. The van der Waals surface area contributed by atoms with Gasteiger partial charge in [0.2, 0.25) is 10.0 Å². The molecule has 0 saturated carbocycles. The van der Waals surface area contributed by atoms with Gasteiger partial charge in [-0.15, -0.1) is 5.10 Å². The minimum Gasteiger partial charge on any atom is -0.495 e. The van der Waals surface area contributed by atoms with Gasteiger partial charge in [-0.05, 0) is 18.2 Å². The minimum atomic E-state index is -3.70. The molecular weight excluding hydrogens is 390 g/mol. The number of rotatable bonds is 5. The smallest absolute Gasteiger partial charge is 0.246 e. The zero-order valence-corrected chi connectivity index (χ0v) is 17.0. The summed E-state index contributed by atoms with van der Waals surface area (Å²) in [5.41, 5.74) is 0.943. The monoisotopic (exact) mass is 411 g/mol. The van der Waals surface area contributed by atoms with E-state index in [1.807, 2.05) is 30.0 Å². The van der Waals surface area contributed by atoms with Crippen LogP contribution in [0.5, 0.6) is 5.75 Å². The number of sulfonamides is 1. The Hall–Kier alpha value is -2.10. The van der Waals surface area contributed by atoms with Crippen LogP contribution < -0.4 is 14.5 Å². The quantitative estimate of drug-likeness (QED) is 0.741. The molecule has 3 rings (SSSR count). The van der Waals surface area contributed by atoms with Crippen LogP contribution in [0.1, 0.15) is 0 Å². The molecule has 1 aromatic carbocycles. The number of benzene rings is 1. The fraction of sp³-hybridized carbons (Fsp3) is 0.412. The van der Waals surface area contributed by atoms with Gasteiger partial charge in [0.15, 0.2) is 5.82 Å². The van der Waals surface area contributed by atoms with Crippen molar-refractivity contribution in [1.82, 2.24) is 14.5 Å². The highest BCUT2D eigenvalue weighted by atomic mass is 35.5. The molecule has 0 spiro atoms. The Balaban J connectivity index is 1.77. The number of halogens is 1. The van der Waals surface area contributed by atoms with E-state index in [4.69, 9.17) is 16.3 Å². The first-order valence-corrected chi connectivity index (χ1v) is 10.2. The van der Waals surface area contributed by atoms with E-state index in [0.29, 0.717) is 31.2 Å². The first-order valence-electron chi connectivity index (χ1n) is 8.41. The molecule has 1 aliphatic heterocycles. The van der Waals surface area contributed by atoms with Crippen LogP contribution in [-0.2, 0) is 10.0 Å². The van der Waals surface area contributed by atoms with Crippen LogP contribution in [0.25, 0.3) is 0 Å². The zero-order chi connectivity index (χ0) is 19.6. The molecule has 0 bridgehead atoms. The Morgan fingerprint density at radius 3 is 2.48 bits per heavy atom. The lowest BCUT2D eigenvalue weighted by Gasteiger charge is -2.34. The van der Waals surface area contributed by atoms with Crippen molar-refractivity contribution in [2.45, 2.75) is 4.90 Å². The van der Waals surface area contributed by atoms with Gasteiger partial charge in [-0.1, -0.05) is 11.6 Å². The molecule has 0 unspecified atom stereocenters. The summed E-state index contributed by atoms with van der Waals surface area (Å²) < 4.78 is 32.7. The van der Waals surface area contributed by atoms with Crippen LogP contribution in [0.2, 0.25) is 5.02 Å². The lowest BCUT2D eigenvalue weighted by Crippen LogP contribution is -2.49. The SMILES string of the molecule is COc1ccc(Cl)cc1S(=O)(=O)N1CCN(c2cc(N(C)C)cnn2)CC1. The molecular formula is C17H22ClN5O3S. The molecule has 0 radical (unpaired) electrons. The lowest BCUT2D eigenvalue weighted by atomic mass is 10.3. The maximum Gasteiger partial charge on any atom is 0.246 e. The summed E-state index contributed by atoms with van der Waals surface area (Å²) >= 11 is 6.00. The second-order valence-corrected chi connectivity index (χ2v) is 8.70. The Morgan fingerprint density at radius 2 is 1.85 bits per heavy atom. The summed E-state index contributed by atoms with van der Waals surface area (Å²) in [7, 11) is 1.61. The molecule has 1 aromatic heterocycles. The van der Waals surface area contributed by atoms with Gasteiger partial charge in [0.05, 0.1) is 19.0 Å². The van der Waals surface area contributed by atoms with Crippen LogP contribution in [0, 0.1) is 0 Å². The van der Waals surface area contributed by atoms with Gasteiger partial charge in [-0.2, -0.15) is 9.40 Å². The van der Waals surface area contributed by atoms with Crippen LogP contribution in [0.15, 0.2) is 35.4 Å². The van der Waals surface area contributed by atoms with Crippen molar-refractivity contribution in [3.05, 3.63) is 35.5 Å². The lowest BCUT2D eigenvalue weighted by molar-refractivity contribution is 0.373. The van der Waals surface area contributed by atoms with Crippen LogP contribution in [0.4, 0.5) is 11.5 Å². The maximum atomic E-state index is 13.0. The predicted molar refractivity (Wildman–Crippen MR) is 105 cm³/mol. The maximum absolute atomic E-state index is 13.0. The number of anilines is 2. The average molecular weight is 412 g/mol. The number of piperazine rings is 1. The first kappa shape index (κ1) is 19.7. The van der Waals surface area contributed by atoms with Gasteiger partial charge >= 0.3 is 0 Å². The number of aromatic nitrogens is 2. The highest BCUT2D eigenvalue weighted by molar-refractivity contribution is 7.89. The van der Waals surface area contributed by atoms with Gasteiger partial charge in [0.25, 0.3) is 0 Å². The normalized spacial score (nSPS) is 15.6. The van der Waals surface area contributed by atoms with Crippen molar-refractivity contribution < 1.29 is 13.2 Å². The van der Waals surface area contributed by atoms with Gasteiger partial charge < -0.3 is 14.5 Å². The predicted octanol–water partition coefficient (Wildman–Crippen LogP) is 1.72. The third-order valence-corrected chi connectivity index (χ3v) is 6.60. The molecule has 0 aliphatic carbocycles. The topological polar surface area (TPSA) is 78.9 Å². The van der Waals surface area contributed by atoms with E-state index in [0.717, 1.165) is 11.5 Å². The average Bonchev–Trinajstić information content (AvgIpc) is 2.68. The second-order valence-electron chi connectivity index (χ2n) is 6.35. The van der Waals surface area contributed by atoms with E-state index in [2.05, 4.69) is 10.2 Å². The Kier molecular flexibility index (Phi) is 5.73. The summed E-state index contributed by atoms with van der Waals surface area (Å²) in [6.07, 6.45) is 1.69. The van der Waals surface area contributed by atoms with E-state index in [9.17, 15) is 8.42 Å². The van der Waals surface area contributed by atoms with Crippen molar-refractivity contribution in [3.8, 4) is 5.75 Å². The highest BCUT2D eigenvalue weighted by Gasteiger charge is 2.31. The van der Waals surface area contributed by atoms with Crippen molar-refractivity contribution in [1.29, 1.82) is 0 Å². The molecule has 146 valence electrons. The van der Waals surface area contributed by atoms with Crippen LogP contribution >= 0.6 is 11.6 Å². The minimum absolute atomic E-state index is 0.0837. The third kappa shape index (κ3) is 4.10. The Bertz CT molecular complexity index is 915. The van der Waals surface area contributed by atoms with E-state index in [1.54, 1.807) is 18.3 Å². The molecule has 0 atom stereocenters. The van der Waals surface area contributed by atoms with Crippen LogP contribution in [-0.4, -0.2) is 70.3 Å². The van der Waals surface area contributed by atoms with Crippen LogP contribution in [0.3, 0.4) is 0 Å². The van der Waals surface area contributed by atoms with E-state index in [-0.39, 0.29) is 10.6 Å². The summed E-state index contributed by atoms with van der Waals surface area (Å²) in [5, 5.41) is 8.56. The molecule has 1 saturated heterocycles. The van der Waals surface area contributed by atoms with Crippen molar-refractivity contribution in [2.75, 3.05) is 57.2 Å². The number of hydrogen-bond acceptors (Lipinski definition) is 7. The number of hydrogen-bond donors (Lipinski definition) is 0. The van der Waals surface area contributed by atoms with Gasteiger partial charge in [0.1, 0.15) is 10.6 Å². The molecule has 0 amide bonds. The van der Waals surface area contributed by atoms with Gasteiger partial charge in [0, 0.05) is 51.4 Å². The van der Waals surface area contributed by atoms with Gasteiger partial charge in [-0.3, -0.25) is 0 Å². The molecule has 2 heterocycles.